The van der Waals surface area contributed by atoms with Crippen molar-refractivity contribution in [2.45, 2.75) is 19.9 Å². The van der Waals surface area contributed by atoms with Gasteiger partial charge in [0, 0.05) is 26.7 Å². The summed E-state index contributed by atoms with van der Waals surface area (Å²) in [7, 11) is 5.89. The van der Waals surface area contributed by atoms with Crippen LogP contribution in [0.15, 0.2) is 17.3 Å². The highest BCUT2D eigenvalue weighted by Gasteiger charge is 2.12. The van der Waals surface area contributed by atoms with Crippen LogP contribution in [0.2, 0.25) is 0 Å². The molecule has 13 heavy (non-hydrogen) atoms. The van der Waals surface area contributed by atoms with E-state index in [2.05, 4.69) is 23.8 Å². The van der Waals surface area contributed by atoms with E-state index in [1.54, 1.807) is 0 Å². The molecule has 0 aromatic heterocycles. The molecule has 0 saturated heterocycles. The number of hydrogen-bond donors (Lipinski definition) is 1. The molecule has 3 nitrogen and oxygen atoms in total. The van der Waals surface area contributed by atoms with E-state index >= 15 is 0 Å². The van der Waals surface area contributed by atoms with Crippen LogP contribution in [0.25, 0.3) is 0 Å². The third-order valence-electron chi connectivity index (χ3n) is 2.01. The average molecular weight is 183 g/mol. The van der Waals surface area contributed by atoms with E-state index in [0.29, 0.717) is 0 Å². The predicted octanol–water partition coefficient (Wildman–Crippen LogP) is 1.13. The van der Waals surface area contributed by atoms with Gasteiger partial charge < -0.3 is 10.2 Å². The molecule has 1 N–H and O–H groups in total. The highest BCUT2D eigenvalue weighted by Crippen LogP contribution is 2.03. The lowest BCUT2D eigenvalue weighted by Gasteiger charge is -2.22. The predicted molar refractivity (Wildman–Crippen MR) is 59.3 cm³/mol. The van der Waals surface area contributed by atoms with Crippen molar-refractivity contribution in [3.05, 3.63) is 12.3 Å². The van der Waals surface area contributed by atoms with E-state index in [9.17, 15) is 0 Å². The van der Waals surface area contributed by atoms with Crippen LogP contribution in [-0.2, 0) is 0 Å². The molecule has 0 rings (SSSR count). The molecule has 0 aliphatic heterocycles. The summed E-state index contributed by atoms with van der Waals surface area (Å²) in [5, 5.41) is 3.17. The first kappa shape index (κ1) is 12.2. The molecular weight excluding hydrogens is 162 g/mol. The summed E-state index contributed by atoms with van der Waals surface area (Å²) in [5.74, 6) is 0. The van der Waals surface area contributed by atoms with Gasteiger partial charge in [-0.25, -0.2) is 0 Å². The average Bonchev–Trinajstić information content (AvgIpc) is 2.11. The van der Waals surface area contributed by atoms with Gasteiger partial charge in [-0.1, -0.05) is 6.58 Å². The third kappa shape index (κ3) is 3.59. The number of nitrogens with zero attached hydrogens (tertiary/aromatic N) is 2. The lowest BCUT2D eigenvalue weighted by molar-refractivity contribution is 0.534. The Bertz CT molecular complexity index is 194. The van der Waals surface area contributed by atoms with Crippen LogP contribution in [0.4, 0.5) is 0 Å². The van der Waals surface area contributed by atoms with E-state index in [0.717, 1.165) is 18.0 Å². The zero-order chi connectivity index (χ0) is 10.4. The third-order valence-corrected chi connectivity index (χ3v) is 2.01. The van der Waals surface area contributed by atoms with Crippen molar-refractivity contribution in [2.24, 2.45) is 4.99 Å². The number of nitrogens with one attached hydrogen (secondary N) is 1. The second-order valence-corrected chi connectivity index (χ2v) is 3.21. The topological polar surface area (TPSA) is 27.6 Å². The monoisotopic (exact) mass is 183 g/mol. The number of aliphatic imine (C=N–C) groups is 1. The Kier molecular flexibility index (Phi) is 5.39. The molecule has 0 radical (unpaired) electrons. The maximum atomic E-state index is 4.43. The van der Waals surface area contributed by atoms with Crippen molar-refractivity contribution in [1.82, 2.24) is 10.2 Å². The summed E-state index contributed by atoms with van der Waals surface area (Å²) < 4.78 is 0. The van der Waals surface area contributed by atoms with Crippen molar-refractivity contribution < 1.29 is 0 Å². The molecular formula is C10H21N3. The van der Waals surface area contributed by atoms with Crippen molar-refractivity contribution in [3.63, 3.8) is 0 Å². The first-order valence-corrected chi connectivity index (χ1v) is 4.62. The van der Waals surface area contributed by atoms with Crippen LogP contribution in [-0.4, -0.2) is 44.3 Å². The molecule has 0 aromatic rings. The van der Waals surface area contributed by atoms with Crippen LogP contribution < -0.4 is 5.32 Å². The van der Waals surface area contributed by atoms with Crippen LogP contribution in [0, 0.1) is 0 Å². The Morgan fingerprint density at radius 3 is 2.38 bits per heavy atom. The summed E-state index contributed by atoms with van der Waals surface area (Å²) in [6, 6.07) is 0.259. The van der Waals surface area contributed by atoms with Crippen molar-refractivity contribution >= 4 is 5.71 Å². The highest BCUT2D eigenvalue weighted by molar-refractivity contribution is 6.02. The first-order valence-electron chi connectivity index (χ1n) is 4.62. The fourth-order valence-corrected chi connectivity index (χ4v) is 1.01. The summed E-state index contributed by atoms with van der Waals surface area (Å²) in [5.41, 5.74) is 2.01. The van der Waals surface area contributed by atoms with Gasteiger partial charge in [-0.05, 0) is 20.9 Å². The van der Waals surface area contributed by atoms with Crippen molar-refractivity contribution in [3.8, 4) is 0 Å². The van der Waals surface area contributed by atoms with Gasteiger partial charge in [0.15, 0.2) is 0 Å². The molecule has 0 aromatic carbocycles. The number of rotatable bonds is 5. The molecule has 0 aliphatic carbocycles. The molecule has 76 valence electrons. The fraction of sp³-hybridized carbons (Fsp3) is 0.700. The fourth-order valence-electron chi connectivity index (χ4n) is 1.01. The second kappa shape index (κ2) is 5.75. The van der Waals surface area contributed by atoms with Gasteiger partial charge in [0.05, 0.1) is 11.4 Å². The van der Waals surface area contributed by atoms with E-state index in [4.69, 9.17) is 0 Å². The van der Waals surface area contributed by atoms with Gasteiger partial charge in [-0.3, -0.25) is 4.99 Å². The van der Waals surface area contributed by atoms with E-state index in [-0.39, 0.29) is 6.04 Å². The Morgan fingerprint density at radius 2 is 2.08 bits per heavy atom. The van der Waals surface area contributed by atoms with Crippen LogP contribution >= 0.6 is 0 Å². The van der Waals surface area contributed by atoms with Gasteiger partial charge >= 0.3 is 0 Å². The minimum atomic E-state index is 0.259. The van der Waals surface area contributed by atoms with Crippen molar-refractivity contribution in [2.75, 3.05) is 27.7 Å². The lowest BCUT2D eigenvalue weighted by atomic mass is 10.1. The van der Waals surface area contributed by atoms with E-state index in [1.807, 2.05) is 33.0 Å². The molecule has 1 unspecified atom stereocenters. The van der Waals surface area contributed by atoms with Crippen LogP contribution in [0.3, 0.4) is 0 Å². The molecule has 3 heteroatoms. The van der Waals surface area contributed by atoms with Crippen LogP contribution in [0.5, 0.6) is 0 Å². The highest BCUT2D eigenvalue weighted by atomic mass is 15.1. The molecule has 0 heterocycles. The van der Waals surface area contributed by atoms with E-state index < -0.39 is 0 Å². The lowest BCUT2D eigenvalue weighted by Crippen LogP contribution is -2.35. The molecule has 0 fully saturated rings. The van der Waals surface area contributed by atoms with Crippen molar-refractivity contribution in [1.29, 1.82) is 0 Å². The molecule has 0 bridgehead atoms. The van der Waals surface area contributed by atoms with Gasteiger partial charge in [-0.2, -0.15) is 0 Å². The normalized spacial score (nSPS) is 14.1. The maximum absolute atomic E-state index is 4.43. The second-order valence-electron chi connectivity index (χ2n) is 3.21. The largest absolute Gasteiger partial charge is 0.377 e. The summed E-state index contributed by atoms with van der Waals surface area (Å²) in [6.07, 6.45) is 0. The molecule has 0 amide bonds. The maximum Gasteiger partial charge on any atom is 0.0741 e. The summed E-state index contributed by atoms with van der Waals surface area (Å²) in [4.78, 5) is 6.42. The van der Waals surface area contributed by atoms with Gasteiger partial charge in [0.2, 0.25) is 0 Å². The van der Waals surface area contributed by atoms with E-state index in [1.165, 1.54) is 0 Å². The Balaban J connectivity index is 4.62. The van der Waals surface area contributed by atoms with Gasteiger partial charge in [-0.15, -0.1) is 0 Å². The Labute approximate surface area is 81.5 Å². The zero-order valence-corrected chi connectivity index (χ0v) is 9.39. The Hall–Kier alpha value is -0.830. The smallest absolute Gasteiger partial charge is 0.0741 e. The standard InChI is InChI=1S/C10H21N3/c1-7-12-10(8(2)11-4)9(3)13(5)6/h8,11H,3,7H2,1-2,4-6H3. The molecule has 0 aliphatic rings. The quantitative estimate of drug-likeness (QED) is 0.647. The minimum Gasteiger partial charge on any atom is -0.377 e. The summed E-state index contributed by atoms with van der Waals surface area (Å²) >= 11 is 0. The SMILES string of the molecule is C=C(C(=NCC)C(C)NC)N(C)C. The molecule has 1 atom stereocenters. The first-order chi connectivity index (χ1) is 6.04. The van der Waals surface area contributed by atoms with Crippen LogP contribution in [0.1, 0.15) is 13.8 Å². The zero-order valence-electron chi connectivity index (χ0n) is 9.39. The minimum absolute atomic E-state index is 0.259. The number of hydrogen-bond acceptors (Lipinski definition) is 3. The Morgan fingerprint density at radius 1 is 1.54 bits per heavy atom. The van der Waals surface area contributed by atoms with Gasteiger partial charge in [0.1, 0.15) is 0 Å². The molecule has 0 spiro atoms. The van der Waals surface area contributed by atoms with Gasteiger partial charge in [0.25, 0.3) is 0 Å². The summed E-state index contributed by atoms with van der Waals surface area (Å²) in [6.45, 7) is 8.92. The molecule has 0 saturated carbocycles.